The lowest BCUT2D eigenvalue weighted by molar-refractivity contribution is 0.0949. The Labute approximate surface area is 112 Å². The standard InChI is InChI=1S/C14H18N2O3/c17-14(16-9-11-2-1-5-15-11)10-3-4-12-13(8-10)19-7-6-18-12/h3-4,8,11,15H,1-2,5-7,9H2,(H,16,17)/t11-/m0/s1. The fourth-order valence-electron chi connectivity index (χ4n) is 2.43. The SMILES string of the molecule is O=C(NC[C@@H]1CCCN1)c1ccc2c(c1)OCCO2. The van der Waals surface area contributed by atoms with Crippen LogP contribution in [0.4, 0.5) is 0 Å². The average Bonchev–Trinajstić information content (AvgIpc) is 2.97. The monoisotopic (exact) mass is 262 g/mol. The van der Waals surface area contributed by atoms with E-state index in [1.54, 1.807) is 18.2 Å². The van der Waals surface area contributed by atoms with E-state index in [9.17, 15) is 4.79 Å². The number of ether oxygens (including phenoxy) is 2. The molecule has 1 amide bonds. The summed E-state index contributed by atoms with van der Waals surface area (Å²) < 4.78 is 10.9. The molecule has 1 fully saturated rings. The molecule has 1 saturated heterocycles. The van der Waals surface area contributed by atoms with Crippen LogP contribution in [0.1, 0.15) is 23.2 Å². The van der Waals surface area contributed by atoms with Gasteiger partial charge in [-0.15, -0.1) is 0 Å². The molecular weight excluding hydrogens is 244 g/mol. The molecule has 0 saturated carbocycles. The number of benzene rings is 1. The number of carbonyl (C=O) groups is 1. The lowest BCUT2D eigenvalue weighted by atomic mass is 10.1. The second kappa shape index (κ2) is 5.48. The second-order valence-electron chi connectivity index (χ2n) is 4.86. The van der Waals surface area contributed by atoms with Crippen LogP contribution >= 0.6 is 0 Å². The van der Waals surface area contributed by atoms with Crippen LogP contribution in [0.3, 0.4) is 0 Å². The maximum absolute atomic E-state index is 12.1. The minimum absolute atomic E-state index is 0.0642. The number of amides is 1. The molecule has 5 heteroatoms. The Morgan fingerprint density at radius 3 is 2.95 bits per heavy atom. The van der Waals surface area contributed by atoms with Crippen molar-refractivity contribution in [2.75, 3.05) is 26.3 Å². The summed E-state index contributed by atoms with van der Waals surface area (Å²) in [7, 11) is 0. The van der Waals surface area contributed by atoms with Crippen LogP contribution < -0.4 is 20.1 Å². The summed E-state index contributed by atoms with van der Waals surface area (Å²) in [6.45, 7) is 2.81. The highest BCUT2D eigenvalue weighted by molar-refractivity contribution is 5.94. The van der Waals surface area contributed by atoms with Crippen LogP contribution in [0.5, 0.6) is 11.5 Å². The molecule has 1 aromatic carbocycles. The first-order chi connectivity index (χ1) is 9.33. The first-order valence-corrected chi connectivity index (χ1v) is 6.74. The van der Waals surface area contributed by atoms with Gasteiger partial charge in [-0.3, -0.25) is 4.79 Å². The highest BCUT2D eigenvalue weighted by Crippen LogP contribution is 2.30. The van der Waals surface area contributed by atoms with Crippen molar-refractivity contribution in [3.8, 4) is 11.5 Å². The van der Waals surface area contributed by atoms with E-state index in [1.165, 1.54) is 6.42 Å². The molecule has 0 bridgehead atoms. The normalized spacial score (nSPS) is 21.2. The fourth-order valence-corrected chi connectivity index (χ4v) is 2.43. The van der Waals surface area contributed by atoms with Crippen molar-refractivity contribution in [2.24, 2.45) is 0 Å². The highest BCUT2D eigenvalue weighted by Gasteiger charge is 2.17. The van der Waals surface area contributed by atoms with E-state index in [-0.39, 0.29) is 5.91 Å². The van der Waals surface area contributed by atoms with Crippen molar-refractivity contribution in [3.05, 3.63) is 23.8 Å². The molecule has 3 rings (SSSR count). The molecule has 19 heavy (non-hydrogen) atoms. The average molecular weight is 262 g/mol. The molecular formula is C14H18N2O3. The Bertz CT molecular complexity index is 470. The number of nitrogens with one attached hydrogen (secondary N) is 2. The summed E-state index contributed by atoms with van der Waals surface area (Å²) >= 11 is 0. The predicted molar refractivity (Wildman–Crippen MR) is 70.8 cm³/mol. The minimum Gasteiger partial charge on any atom is -0.486 e. The first-order valence-electron chi connectivity index (χ1n) is 6.74. The van der Waals surface area contributed by atoms with Crippen molar-refractivity contribution < 1.29 is 14.3 Å². The molecule has 1 atom stereocenters. The molecule has 0 radical (unpaired) electrons. The summed E-state index contributed by atoms with van der Waals surface area (Å²) in [5, 5.41) is 6.30. The van der Waals surface area contributed by atoms with Crippen molar-refractivity contribution in [1.29, 1.82) is 0 Å². The van der Waals surface area contributed by atoms with Gasteiger partial charge >= 0.3 is 0 Å². The number of hydrogen-bond donors (Lipinski definition) is 2. The van der Waals surface area contributed by atoms with Gasteiger partial charge in [0, 0.05) is 18.2 Å². The number of rotatable bonds is 3. The Hall–Kier alpha value is -1.75. The van der Waals surface area contributed by atoms with E-state index in [1.807, 2.05) is 0 Å². The Kier molecular flexibility index (Phi) is 3.55. The topological polar surface area (TPSA) is 59.6 Å². The van der Waals surface area contributed by atoms with Crippen LogP contribution in [0, 0.1) is 0 Å². The van der Waals surface area contributed by atoms with Crippen LogP contribution in [-0.4, -0.2) is 38.3 Å². The smallest absolute Gasteiger partial charge is 0.251 e. The van der Waals surface area contributed by atoms with Gasteiger partial charge in [0.2, 0.25) is 0 Å². The second-order valence-corrected chi connectivity index (χ2v) is 4.86. The molecule has 2 aliphatic rings. The van der Waals surface area contributed by atoms with E-state index >= 15 is 0 Å². The molecule has 0 aliphatic carbocycles. The Morgan fingerprint density at radius 1 is 1.32 bits per heavy atom. The minimum atomic E-state index is -0.0642. The van der Waals surface area contributed by atoms with Crippen molar-refractivity contribution in [1.82, 2.24) is 10.6 Å². The number of carbonyl (C=O) groups excluding carboxylic acids is 1. The largest absolute Gasteiger partial charge is 0.486 e. The van der Waals surface area contributed by atoms with Crippen molar-refractivity contribution in [3.63, 3.8) is 0 Å². The van der Waals surface area contributed by atoms with Crippen molar-refractivity contribution >= 4 is 5.91 Å². The van der Waals surface area contributed by atoms with Crippen LogP contribution in [0.25, 0.3) is 0 Å². The molecule has 0 aromatic heterocycles. The Balaban J connectivity index is 1.62. The third-order valence-corrected chi connectivity index (χ3v) is 3.48. The zero-order valence-electron chi connectivity index (χ0n) is 10.8. The van der Waals surface area contributed by atoms with Gasteiger partial charge in [0.15, 0.2) is 11.5 Å². The number of hydrogen-bond acceptors (Lipinski definition) is 4. The molecule has 0 spiro atoms. The third-order valence-electron chi connectivity index (χ3n) is 3.48. The molecule has 0 unspecified atom stereocenters. The summed E-state index contributed by atoms with van der Waals surface area (Å²) in [6.07, 6.45) is 2.31. The van der Waals surface area contributed by atoms with E-state index in [0.29, 0.717) is 42.9 Å². The lowest BCUT2D eigenvalue weighted by Crippen LogP contribution is -2.37. The zero-order chi connectivity index (χ0) is 13.1. The van der Waals surface area contributed by atoms with Crippen LogP contribution in [0.2, 0.25) is 0 Å². The van der Waals surface area contributed by atoms with E-state index in [2.05, 4.69) is 10.6 Å². The molecule has 2 aliphatic heterocycles. The fraction of sp³-hybridized carbons (Fsp3) is 0.500. The van der Waals surface area contributed by atoms with Gasteiger partial charge in [-0.2, -0.15) is 0 Å². The van der Waals surface area contributed by atoms with E-state index < -0.39 is 0 Å². The van der Waals surface area contributed by atoms with E-state index in [0.717, 1.165) is 13.0 Å². The lowest BCUT2D eigenvalue weighted by Gasteiger charge is -2.19. The Morgan fingerprint density at radius 2 is 2.16 bits per heavy atom. The molecule has 2 heterocycles. The molecule has 1 aromatic rings. The highest BCUT2D eigenvalue weighted by atomic mass is 16.6. The van der Waals surface area contributed by atoms with Gasteiger partial charge in [-0.05, 0) is 37.6 Å². The van der Waals surface area contributed by atoms with Crippen LogP contribution in [-0.2, 0) is 0 Å². The summed E-state index contributed by atoms with van der Waals surface area (Å²) in [5.41, 5.74) is 0.613. The summed E-state index contributed by atoms with van der Waals surface area (Å²) in [6, 6.07) is 5.70. The zero-order valence-corrected chi connectivity index (χ0v) is 10.8. The predicted octanol–water partition coefficient (Wildman–Crippen LogP) is 0.940. The quantitative estimate of drug-likeness (QED) is 0.851. The summed E-state index contributed by atoms with van der Waals surface area (Å²) in [4.78, 5) is 12.1. The van der Waals surface area contributed by atoms with Gasteiger partial charge in [0.1, 0.15) is 13.2 Å². The maximum Gasteiger partial charge on any atom is 0.251 e. The first kappa shape index (κ1) is 12.3. The number of fused-ring (bicyclic) bond motifs is 1. The van der Waals surface area contributed by atoms with Gasteiger partial charge < -0.3 is 20.1 Å². The molecule has 102 valence electrons. The molecule has 5 nitrogen and oxygen atoms in total. The third kappa shape index (κ3) is 2.81. The van der Waals surface area contributed by atoms with Gasteiger partial charge in [0.05, 0.1) is 0 Å². The van der Waals surface area contributed by atoms with Crippen LogP contribution in [0.15, 0.2) is 18.2 Å². The van der Waals surface area contributed by atoms with E-state index in [4.69, 9.17) is 9.47 Å². The molecule has 2 N–H and O–H groups in total. The van der Waals surface area contributed by atoms with Gasteiger partial charge in [0.25, 0.3) is 5.91 Å². The summed E-state index contributed by atoms with van der Waals surface area (Å²) in [5.74, 6) is 1.30. The van der Waals surface area contributed by atoms with Crippen molar-refractivity contribution in [2.45, 2.75) is 18.9 Å². The van der Waals surface area contributed by atoms with Gasteiger partial charge in [-0.1, -0.05) is 0 Å². The maximum atomic E-state index is 12.1. The van der Waals surface area contributed by atoms with Gasteiger partial charge in [-0.25, -0.2) is 0 Å².